The van der Waals surface area contributed by atoms with Gasteiger partial charge < -0.3 is 10.1 Å². The van der Waals surface area contributed by atoms with Crippen molar-refractivity contribution in [1.29, 1.82) is 10.7 Å². The third-order valence-electron chi connectivity index (χ3n) is 4.00. The summed E-state index contributed by atoms with van der Waals surface area (Å²) in [7, 11) is 1.55. The molecule has 0 radical (unpaired) electrons. The predicted molar refractivity (Wildman–Crippen MR) is 103 cm³/mol. The molecule has 7 nitrogen and oxygen atoms in total. The maximum Gasteiger partial charge on any atom is 0.263 e. The minimum atomic E-state index is -1.06. The maximum absolute atomic E-state index is 12.9. The molecule has 0 unspecified atom stereocenters. The molecule has 0 aliphatic heterocycles. The van der Waals surface area contributed by atoms with Crippen molar-refractivity contribution in [3.63, 3.8) is 0 Å². The van der Waals surface area contributed by atoms with E-state index in [4.69, 9.17) is 15.4 Å². The Morgan fingerprint density at radius 2 is 2.19 bits per heavy atom. The summed E-state index contributed by atoms with van der Waals surface area (Å²) >= 11 is 2.57. The smallest absolute Gasteiger partial charge is 0.263 e. The van der Waals surface area contributed by atoms with Crippen LogP contribution in [0.15, 0.2) is 9.95 Å². The highest BCUT2D eigenvalue weighted by molar-refractivity contribution is 7.99. The number of aromatic nitrogens is 2. The predicted octanol–water partition coefficient (Wildman–Crippen LogP) is 2.56. The molecule has 0 aromatic carbocycles. The number of ketones is 1. The number of hydrogen-bond donors (Lipinski definition) is 1. The Bertz CT molecular complexity index is 956. The van der Waals surface area contributed by atoms with Crippen LogP contribution < -0.4 is 5.56 Å². The van der Waals surface area contributed by atoms with Crippen molar-refractivity contribution in [2.75, 3.05) is 19.5 Å². The Balaban J connectivity index is 2.42. The molecule has 1 N–H and O–H groups in total. The summed E-state index contributed by atoms with van der Waals surface area (Å²) in [4.78, 5) is 31.4. The number of thioether (sulfide) groups is 1. The Morgan fingerprint density at radius 1 is 1.50 bits per heavy atom. The molecule has 0 saturated heterocycles. The molecule has 2 aromatic rings. The van der Waals surface area contributed by atoms with E-state index in [2.05, 4.69) is 4.98 Å². The van der Waals surface area contributed by atoms with Crippen molar-refractivity contribution in [2.45, 2.75) is 32.5 Å². The first kappa shape index (κ1) is 20.3. The molecule has 0 saturated carbocycles. The molecule has 0 aliphatic carbocycles. The summed E-state index contributed by atoms with van der Waals surface area (Å²) in [5.41, 5.74) is 0.789. The average molecular weight is 393 g/mol. The molecule has 2 aromatic heterocycles. The summed E-state index contributed by atoms with van der Waals surface area (Å²) in [6, 6.07) is 1.84. The second-order valence-electron chi connectivity index (χ2n) is 5.81. The fourth-order valence-electron chi connectivity index (χ4n) is 2.43. The van der Waals surface area contributed by atoms with Crippen LogP contribution in [-0.4, -0.2) is 40.5 Å². The SMILES string of the molecule is COCCn1c(SCC(=O)[C@@H](C#N)C(C)=N)nc2sc(C)c(C)c2c1=O. The van der Waals surface area contributed by atoms with Crippen molar-refractivity contribution in [3.8, 4) is 6.07 Å². The van der Waals surface area contributed by atoms with Gasteiger partial charge in [0.1, 0.15) is 10.7 Å². The zero-order valence-corrected chi connectivity index (χ0v) is 16.7. The van der Waals surface area contributed by atoms with E-state index in [1.54, 1.807) is 7.11 Å². The summed E-state index contributed by atoms with van der Waals surface area (Å²) in [6.45, 7) is 5.96. The van der Waals surface area contributed by atoms with Crippen LogP contribution in [0.1, 0.15) is 17.4 Å². The van der Waals surface area contributed by atoms with Gasteiger partial charge >= 0.3 is 0 Å². The topological polar surface area (TPSA) is 109 Å². The lowest BCUT2D eigenvalue weighted by Crippen LogP contribution is -2.26. The molecule has 2 rings (SSSR count). The number of Topliss-reactive ketones (excluding diaryl/α,β-unsaturated/α-hetero) is 1. The highest BCUT2D eigenvalue weighted by Crippen LogP contribution is 2.28. The fraction of sp³-hybridized carbons (Fsp3) is 0.471. The van der Waals surface area contributed by atoms with Crippen LogP contribution in [0.5, 0.6) is 0 Å². The molecule has 138 valence electrons. The lowest BCUT2D eigenvalue weighted by Gasteiger charge is -2.12. The second-order valence-corrected chi connectivity index (χ2v) is 7.95. The summed E-state index contributed by atoms with van der Waals surface area (Å²) in [5.74, 6) is -1.45. The van der Waals surface area contributed by atoms with Crippen LogP contribution in [0.2, 0.25) is 0 Å². The first-order valence-corrected chi connectivity index (χ1v) is 9.71. The van der Waals surface area contributed by atoms with Crippen molar-refractivity contribution >= 4 is 44.8 Å². The number of nitrogens with one attached hydrogen (secondary N) is 1. The van der Waals surface area contributed by atoms with Crippen molar-refractivity contribution < 1.29 is 9.53 Å². The third-order valence-corrected chi connectivity index (χ3v) is 6.10. The molecule has 26 heavy (non-hydrogen) atoms. The molecule has 0 bridgehead atoms. The Kier molecular flexibility index (Phi) is 6.69. The van der Waals surface area contributed by atoms with Gasteiger partial charge in [-0.25, -0.2) is 4.98 Å². The van der Waals surface area contributed by atoms with E-state index >= 15 is 0 Å². The van der Waals surface area contributed by atoms with E-state index < -0.39 is 5.92 Å². The molecule has 9 heteroatoms. The van der Waals surface area contributed by atoms with Crippen molar-refractivity contribution in [2.24, 2.45) is 5.92 Å². The first-order chi connectivity index (χ1) is 12.3. The number of nitriles is 1. The minimum absolute atomic E-state index is 0.0165. The van der Waals surface area contributed by atoms with Gasteiger partial charge in [0.05, 0.1) is 30.4 Å². The number of carbonyl (C=O) groups is 1. The number of aryl methyl sites for hydroxylation is 2. The number of ether oxygens (including phenoxy) is 1. The summed E-state index contributed by atoms with van der Waals surface area (Å²) in [6.07, 6.45) is 0. The zero-order chi connectivity index (χ0) is 19.4. The number of carbonyl (C=O) groups excluding carboxylic acids is 1. The van der Waals surface area contributed by atoms with Gasteiger partial charge in [0.15, 0.2) is 10.9 Å². The molecular weight excluding hydrogens is 372 g/mol. The van der Waals surface area contributed by atoms with Crippen molar-refractivity contribution in [1.82, 2.24) is 9.55 Å². The standard InChI is InChI=1S/C17H20N4O3S2/c1-9-11(3)26-15-14(9)16(23)21(5-6-24-4)17(20-15)25-8-13(22)12(7-18)10(2)19/h12,19H,5-6,8H2,1-4H3/t12-/m0/s1. The van der Waals surface area contributed by atoms with E-state index in [9.17, 15) is 9.59 Å². The molecular formula is C17H20N4O3S2. The highest BCUT2D eigenvalue weighted by atomic mass is 32.2. The molecule has 1 atom stereocenters. The van der Waals surface area contributed by atoms with Gasteiger partial charge in [-0.05, 0) is 26.3 Å². The molecule has 0 amide bonds. The Morgan fingerprint density at radius 3 is 2.77 bits per heavy atom. The van der Waals surface area contributed by atoms with E-state index in [-0.39, 0.29) is 22.8 Å². The Hall–Kier alpha value is -2.02. The number of fused-ring (bicyclic) bond motifs is 1. The monoisotopic (exact) mass is 392 g/mol. The number of nitrogens with zero attached hydrogens (tertiary/aromatic N) is 3. The highest BCUT2D eigenvalue weighted by Gasteiger charge is 2.22. The minimum Gasteiger partial charge on any atom is -0.383 e. The molecule has 0 fully saturated rings. The number of thiophene rings is 1. The number of hydrogen-bond acceptors (Lipinski definition) is 8. The largest absolute Gasteiger partial charge is 0.383 e. The van der Waals surface area contributed by atoms with Gasteiger partial charge in [0.25, 0.3) is 5.56 Å². The number of rotatable bonds is 8. The van der Waals surface area contributed by atoms with Gasteiger partial charge in [-0.2, -0.15) is 5.26 Å². The van der Waals surface area contributed by atoms with E-state index in [1.165, 1.54) is 22.8 Å². The van der Waals surface area contributed by atoms with Gasteiger partial charge in [-0.1, -0.05) is 11.8 Å². The first-order valence-electron chi connectivity index (χ1n) is 7.91. The van der Waals surface area contributed by atoms with Crippen LogP contribution in [0.25, 0.3) is 10.2 Å². The normalized spacial score (nSPS) is 12.1. The van der Waals surface area contributed by atoms with Crippen LogP contribution in [0.4, 0.5) is 0 Å². The maximum atomic E-state index is 12.9. The lowest BCUT2D eigenvalue weighted by molar-refractivity contribution is -0.117. The van der Waals surface area contributed by atoms with Crippen LogP contribution in [0, 0.1) is 36.5 Å². The fourth-order valence-corrected chi connectivity index (χ4v) is 4.43. The Labute approximate surface area is 159 Å². The van der Waals surface area contributed by atoms with Gasteiger partial charge in [-0.15, -0.1) is 11.3 Å². The van der Waals surface area contributed by atoms with Crippen LogP contribution in [-0.2, 0) is 16.1 Å². The van der Waals surface area contributed by atoms with Gasteiger partial charge in [-0.3, -0.25) is 14.2 Å². The van der Waals surface area contributed by atoms with Crippen molar-refractivity contribution in [3.05, 3.63) is 20.8 Å². The second kappa shape index (κ2) is 8.58. The zero-order valence-electron chi connectivity index (χ0n) is 15.1. The summed E-state index contributed by atoms with van der Waals surface area (Å²) in [5, 5.41) is 17.6. The number of methoxy groups -OCH3 is 1. The molecule has 0 aliphatic rings. The van der Waals surface area contributed by atoms with E-state index in [0.717, 1.165) is 22.2 Å². The third kappa shape index (κ3) is 4.03. The molecule has 2 heterocycles. The summed E-state index contributed by atoms with van der Waals surface area (Å²) < 4.78 is 6.60. The lowest BCUT2D eigenvalue weighted by atomic mass is 10.0. The van der Waals surface area contributed by atoms with Crippen LogP contribution in [0.3, 0.4) is 0 Å². The van der Waals surface area contributed by atoms with Gasteiger partial charge in [0.2, 0.25) is 0 Å². The quantitative estimate of drug-likeness (QED) is 0.420. The van der Waals surface area contributed by atoms with Gasteiger partial charge in [0, 0.05) is 17.7 Å². The van der Waals surface area contributed by atoms with Crippen LogP contribution >= 0.6 is 23.1 Å². The molecule has 0 spiro atoms. The average Bonchev–Trinajstić information content (AvgIpc) is 2.87. The van der Waals surface area contributed by atoms with E-state index in [1.807, 2.05) is 19.9 Å². The van der Waals surface area contributed by atoms with E-state index in [0.29, 0.717) is 28.5 Å².